The van der Waals surface area contributed by atoms with Crippen LogP contribution >= 0.6 is 15.9 Å². The second kappa shape index (κ2) is 6.18. The fourth-order valence-corrected chi connectivity index (χ4v) is 3.46. The lowest BCUT2D eigenvalue weighted by Gasteiger charge is -2.37. The van der Waals surface area contributed by atoms with E-state index < -0.39 is 0 Å². The Morgan fingerprint density at radius 3 is 2.39 bits per heavy atom. The lowest BCUT2D eigenvalue weighted by molar-refractivity contribution is 0.132. The Labute approximate surface area is 119 Å². The molecule has 2 N–H and O–H groups in total. The molecule has 1 aromatic carbocycles. The summed E-state index contributed by atoms with van der Waals surface area (Å²) >= 11 is 3.65. The third kappa shape index (κ3) is 3.14. The molecule has 2 atom stereocenters. The Morgan fingerprint density at radius 2 is 1.83 bits per heavy atom. The molecule has 0 spiro atoms. The van der Waals surface area contributed by atoms with E-state index in [9.17, 15) is 0 Å². The molecule has 1 saturated heterocycles. The Bertz CT molecular complexity index is 384. The average Bonchev–Trinajstić information content (AvgIpc) is 2.38. The van der Waals surface area contributed by atoms with Gasteiger partial charge < -0.3 is 5.73 Å². The van der Waals surface area contributed by atoms with Crippen molar-refractivity contribution in [3.63, 3.8) is 0 Å². The highest BCUT2D eigenvalue weighted by atomic mass is 79.9. The van der Waals surface area contributed by atoms with Gasteiger partial charge in [0.15, 0.2) is 0 Å². The molecular weight excluding hydrogens is 288 g/mol. The minimum absolute atomic E-state index is 0.339. The molecule has 2 unspecified atom stereocenters. The molecule has 0 aromatic heterocycles. The number of likely N-dealkylation sites (tertiary alicyclic amines) is 1. The molecule has 0 bridgehead atoms. The van der Waals surface area contributed by atoms with Crippen LogP contribution in [0, 0.1) is 5.92 Å². The second-order valence-electron chi connectivity index (χ2n) is 5.43. The fraction of sp³-hybridized carbons (Fsp3) is 0.600. The predicted octanol–water partition coefficient (Wildman–Crippen LogP) is 3.57. The monoisotopic (exact) mass is 310 g/mol. The summed E-state index contributed by atoms with van der Waals surface area (Å²) in [5.74, 6) is 0.702. The third-order valence-electron chi connectivity index (χ3n) is 4.22. The number of benzene rings is 1. The zero-order valence-corrected chi connectivity index (χ0v) is 12.9. The summed E-state index contributed by atoms with van der Waals surface area (Å²) in [5.41, 5.74) is 7.38. The first-order valence-electron chi connectivity index (χ1n) is 6.83. The molecule has 2 rings (SSSR count). The molecule has 0 radical (unpaired) electrons. The zero-order chi connectivity index (χ0) is 13.1. The van der Waals surface area contributed by atoms with Crippen LogP contribution in [0.25, 0.3) is 0 Å². The number of nitrogens with zero attached hydrogens (tertiary/aromatic N) is 1. The van der Waals surface area contributed by atoms with Crippen LogP contribution < -0.4 is 5.73 Å². The number of hydrogen-bond acceptors (Lipinski definition) is 2. The van der Waals surface area contributed by atoms with Gasteiger partial charge >= 0.3 is 0 Å². The van der Waals surface area contributed by atoms with Crippen LogP contribution in [-0.4, -0.2) is 24.0 Å². The lowest BCUT2D eigenvalue weighted by Crippen LogP contribution is -2.40. The Morgan fingerprint density at radius 1 is 1.22 bits per heavy atom. The molecule has 18 heavy (non-hydrogen) atoms. The van der Waals surface area contributed by atoms with E-state index in [1.165, 1.54) is 22.9 Å². The van der Waals surface area contributed by atoms with E-state index in [2.05, 4.69) is 58.9 Å². The first-order valence-corrected chi connectivity index (χ1v) is 7.63. The van der Waals surface area contributed by atoms with Crippen molar-refractivity contribution in [1.29, 1.82) is 0 Å². The van der Waals surface area contributed by atoms with Crippen LogP contribution in [-0.2, 0) is 0 Å². The van der Waals surface area contributed by atoms with Gasteiger partial charge in [0.25, 0.3) is 0 Å². The SMILES string of the molecule is CC(N)C1CCN(C(C)c2ccccc2Br)CC1. The summed E-state index contributed by atoms with van der Waals surface area (Å²) in [6.07, 6.45) is 2.46. The lowest BCUT2D eigenvalue weighted by atomic mass is 9.90. The summed E-state index contributed by atoms with van der Waals surface area (Å²) in [5, 5.41) is 0. The summed E-state index contributed by atoms with van der Waals surface area (Å²) in [7, 11) is 0. The van der Waals surface area contributed by atoms with Gasteiger partial charge in [-0.1, -0.05) is 34.1 Å². The predicted molar refractivity (Wildman–Crippen MR) is 80.5 cm³/mol. The molecule has 3 heteroatoms. The van der Waals surface area contributed by atoms with E-state index in [1.54, 1.807) is 0 Å². The molecule has 1 heterocycles. The normalized spacial score (nSPS) is 21.8. The van der Waals surface area contributed by atoms with E-state index in [0.717, 1.165) is 13.1 Å². The van der Waals surface area contributed by atoms with Crippen LogP contribution in [0.4, 0.5) is 0 Å². The van der Waals surface area contributed by atoms with Gasteiger partial charge in [-0.15, -0.1) is 0 Å². The van der Waals surface area contributed by atoms with Crippen molar-refractivity contribution in [2.45, 2.75) is 38.8 Å². The number of nitrogens with two attached hydrogens (primary N) is 1. The van der Waals surface area contributed by atoms with Gasteiger partial charge in [-0.2, -0.15) is 0 Å². The smallest absolute Gasteiger partial charge is 0.0331 e. The van der Waals surface area contributed by atoms with Gasteiger partial charge in [-0.3, -0.25) is 4.90 Å². The van der Waals surface area contributed by atoms with Crippen LogP contribution in [0.15, 0.2) is 28.7 Å². The van der Waals surface area contributed by atoms with Crippen LogP contribution in [0.3, 0.4) is 0 Å². The summed E-state index contributed by atoms with van der Waals surface area (Å²) in [6, 6.07) is 9.35. The van der Waals surface area contributed by atoms with Crippen molar-refractivity contribution in [3.05, 3.63) is 34.3 Å². The van der Waals surface area contributed by atoms with Gasteiger partial charge in [0, 0.05) is 16.6 Å². The molecule has 2 nitrogen and oxygen atoms in total. The average molecular weight is 311 g/mol. The number of rotatable bonds is 3. The number of hydrogen-bond donors (Lipinski definition) is 1. The molecule has 1 aromatic rings. The topological polar surface area (TPSA) is 29.3 Å². The minimum Gasteiger partial charge on any atom is -0.328 e. The van der Waals surface area contributed by atoms with Gasteiger partial charge in [0.2, 0.25) is 0 Å². The van der Waals surface area contributed by atoms with E-state index in [-0.39, 0.29) is 0 Å². The number of halogens is 1. The number of piperidine rings is 1. The van der Waals surface area contributed by atoms with E-state index >= 15 is 0 Å². The van der Waals surface area contributed by atoms with Crippen molar-refractivity contribution in [1.82, 2.24) is 4.90 Å². The molecule has 0 saturated carbocycles. The van der Waals surface area contributed by atoms with E-state index in [0.29, 0.717) is 18.0 Å². The van der Waals surface area contributed by atoms with Crippen molar-refractivity contribution < 1.29 is 0 Å². The highest BCUT2D eigenvalue weighted by Gasteiger charge is 2.25. The maximum Gasteiger partial charge on any atom is 0.0331 e. The summed E-state index contributed by atoms with van der Waals surface area (Å²) in [4.78, 5) is 2.57. The molecule has 1 aliphatic rings. The van der Waals surface area contributed by atoms with E-state index in [4.69, 9.17) is 5.73 Å². The van der Waals surface area contributed by atoms with Gasteiger partial charge in [0.05, 0.1) is 0 Å². The zero-order valence-electron chi connectivity index (χ0n) is 11.3. The van der Waals surface area contributed by atoms with Crippen molar-refractivity contribution in [3.8, 4) is 0 Å². The first-order chi connectivity index (χ1) is 8.59. The van der Waals surface area contributed by atoms with E-state index in [1.807, 2.05) is 0 Å². The molecule has 0 aliphatic carbocycles. The molecule has 1 aliphatic heterocycles. The Hall–Kier alpha value is -0.380. The van der Waals surface area contributed by atoms with Crippen molar-refractivity contribution >= 4 is 15.9 Å². The highest BCUT2D eigenvalue weighted by molar-refractivity contribution is 9.10. The Balaban J connectivity index is 2.00. The molecule has 1 fully saturated rings. The fourth-order valence-electron chi connectivity index (χ4n) is 2.84. The maximum absolute atomic E-state index is 6.00. The molecule has 0 amide bonds. The van der Waals surface area contributed by atoms with Crippen molar-refractivity contribution in [2.75, 3.05) is 13.1 Å². The summed E-state index contributed by atoms with van der Waals surface area (Å²) < 4.78 is 1.21. The largest absolute Gasteiger partial charge is 0.328 e. The first kappa shape index (κ1) is 14.0. The molecular formula is C15H23BrN2. The standard InChI is InChI=1S/C15H23BrN2/c1-11(17)13-7-9-18(10-8-13)12(2)14-5-3-4-6-15(14)16/h3-6,11-13H,7-10,17H2,1-2H3. The van der Waals surface area contributed by atoms with Crippen molar-refractivity contribution in [2.24, 2.45) is 11.7 Å². The van der Waals surface area contributed by atoms with Gasteiger partial charge in [0.1, 0.15) is 0 Å². The molecule has 100 valence electrons. The van der Waals surface area contributed by atoms with Crippen LogP contribution in [0.5, 0.6) is 0 Å². The highest BCUT2D eigenvalue weighted by Crippen LogP contribution is 2.31. The second-order valence-corrected chi connectivity index (χ2v) is 6.28. The van der Waals surface area contributed by atoms with Gasteiger partial charge in [-0.05, 0) is 57.3 Å². The summed E-state index contributed by atoms with van der Waals surface area (Å²) in [6.45, 7) is 6.76. The third-order valence-corrected chi connectivity index (χ3v) is 4.94. The van der Waals surface area contributed by atoms with Crippen LogP contribution in [0.1, 0.15) is 38.3 Å². The quantitative estimate of drug-likeness (QED) is 0.924. The maximum atomic E-state index is 6.00. The van der Waals surface area contributed by atoms with Gasteiger partial charge in [-0.25, -0.2) is 0 Å². The minimum atomic E-state index is 0.339. The Kier molecular flexibility index (Phi) is 4.82. The van der Waals surface area contributed by atoms with Crippen LogP contribution in [0.2, 0.25) is 0 Å².